The summed E-state index contributed by atoms with van der Waals surface area (Å²) in [5.74, 6) is 0.0680. The Bertz CT molecular complexity index is 876. The van der Waals surface area contributed by atoms with Gasteiger partial charge in [-0.05, 0) is 69.2 Å². The second-order valence-electron chi connectivity index (χ2n) is 7.00. The molecular weight excluding hydrogens is 366 g/mol. The van der Waals surface area contributed by atoms with Crippen molar-refractivity contribution in [2.24, 2.45) is 0 Å². The number of rotatable bonds is 8. The second-order valence-corrected chi connectivity index (χ2v) is 7.00. The van der Waals surface area contributed by atoms with Crippen molar-refractivity contribution in [1.82, 2.24) is 0 Å². The fourth-order valence-electron chi connectivity index (χ4n) is 3.28. The molecule has 29 heavy (non-hydrogen) atoms. The highest BCUT2D eigenvalue weighted by molar-refractivity contribution is 6.03. The molecule has 156 valence electrons. The first-order valence-corrected chi connectivity index (χ1v) is 9.88. The summed E-state index contributed by atoms with van der Waals surface area (Å²) in [6.45, 7) is 11.3. The minimum atomic E-state index is -0.262. The SMILES string of the molecule is CCN(CC)c1ccc(NC(=O)CN(C(C)=O)c2cc(C)ccc2OC)c(C)c1. The molecule has 0 aliphatic rings. The van der Waals surface area contributed by atoms with Gasteiger partial charge in [0.1, 0.15) is 12.3 Å². The lowest BCUT2D eigenvalue weighted by molar-refractivity contribution is -0.120. The number of ether oxygens (including phenoxy) is 1. The van der Waals surface area contributed by atoms with E-state index < -0.39 is 0 Å². The van der Waals surface area contributed by atoms with Gasteiger partial charge in [-0.3, -0.25) is 14.5 Å². The lowest BCUT2D eigenvalue weighted by Gasteiger charge is -2.24. The van der Waals surface area contributed by atoms with Gasteiger partial charge in [0.15, 0.2) is 0 Å². The molecule has 2 aromatic carbocycles. The van der Waals surface area contributed by atoms with Gasteiger partial charge in [-0.1, -0.05) is 6.07 Å². The smallest absolute Gasteiger partial charge is 0.244 e. The Morgan fingerprint density at radius 1 is 1.03 bits per heavy atom. The molecule has 0 spiro atoms. The Hall–Kier alpha value is -3.02. The largest absolute Gasteiger partial charge is 0.495 e. The van der Waals surface area contributed by atoms with Gasteiger partial charge in [0.25, 0.3) is 0 Å². The molecule has 6 nitrogen and oxygen atoms in total. The number of aryl methyl sites for hydroxylation is 2. The summed E-state index contributed by atoms with van der Waals surface area (Å²) >= 11 is 0. The molecule has 2 aromatic rings. The van der Waals surface area contributed by atoms with E-state index in [0.717, 1.165) is 35.6 Å². The van der Waals surface area contributed by atoms with Gasteiger partial charge >= 0.3 is 0 Å². The maximum Gasteiger partial charge on any atom is 0.244 e. The Morgan fingerprint density at radius 3 is 2.28 bits per heavy atom. The summed E-state index contributed by atoms with van der Waals surface area (Å²) in [4.78, 5) is 28.6. The summed E-state index contributed by atoms with van der Waals surface area (Å²) < 4.78 is 5.38. The topological polar surface area (TPSA) is 61.9 Å². The minimum Gasteiger partial charge on any atom is -0.495 e. The van der Waals surface area contributed by atoms with Crippen LogP contribution in [0.4, 0.5) is 17.1 Å². The monoisotopic (exact) mass is 397 g/mol. The predicted octanol–water partition coefficient (Wildman–Crippen LogP) is 4.15. The van der Waals surface area contributed by atoms with Crippen molar-refractivity contribution in [1.29, 1.82) is 0 Å². The molecule has 0 bridgehead atoms. The third-order valence-corrected chi connectivity index (χ3v) is 4.92. The quantitative estimate of drug-likeness (QED) is 0.727. The highest BCUT2D eigenvalue weighted by Gasteiger charge is 2.20. The molecule has 1 N–H and O–H groups in total. The van der Waals surface area contributed by atoms with E-state index in [1.54, 1.807) is 13.2 Å². The third-order valence-electron chi connectivity index (χ3n) is 4.92. The molecular formula is C23H31N3O3. The molecule has 0 aliphatic carbocycles. The number of methoxy groups -OCH3 is 1. The number of benzene rings is 2. The van der Waals surface area contributed by atoms with E-state index in [1.807, 2.05) is 38.1 Å². The van der Waals surface area contributed by atoms with E-state index >= 15 is 0 Å². The van der Waals surface area contributed by atoms with Crippen molar-refractivity contribution >= 4 is 28.9 Å². The van der Waals surface area contributed by atoms with Crippen LogP contribution in [0.1, 0.15) is 31.9 Å². The summed E-state index contributed by atoms with van der Waals surface area (Å²) in [7, 11) is 1.55. The van der Waals surface area contributed by atoms with Gasteiger partial charge in [-0.25, -0.2) is 0 Å². The molecule has 0 aliphatic heterocycles. The Balaban J connectivity index is 2.20. The van der Waals surface area contributed by atoms with E-state index in [4.69, 9.17) is 4.74 Å². The summed E-state index contributed by atoms with van der Waals surface area (Å²) in [5, 5.41) is 2.93. The highest BCUT2D eigenvalue weighted by atomic mass is 16.5. The van der Waals surface area contributed by atoms with Crippen LogP contribution in [-0.4, -0.2) is 38.6 Å². The fourth-order valence-corrected chi connectivity index (χ4v) is 3.28. The van der Waals surface area contributed by atoms with Crippen LogP contribution in [0.3, 0.4) is 0 Å². The molecule has 6 heteroatoms. The zero-order valence-corrected chi connectivity index (χ0v) is 18.2. The van der Waals surface area contributed by atoms with Gasteiger partial charge < -0.3 is 15.0 Å². The molecule has 0 saturated carbocycles. The molecule has 0 radical (unpaired) electrons. The number of anilines is 3. The van der Waals surface area contributed by atoms with E-state index in [0.29, 0.717) is 11.4 Å². The number of carbonyl (C=O) groups is 2. The second kappa shape index (κ2) is 9.96. The summed E-state index contributed by atoms with van der Waals surface area (Å²) in [6.07, 6.45) is 0. The first-order chi connectivity index (χ1) is 13.8. The van der Waals surface area contributed by atoms with Gasteiger partial charge in [0.2, 0.25) is 11.8 Å². The van der Waals surface area contributed by atoms with Crippen LogP contribution >= 0.6 is 0 Å². The van der Waals surface area contributed by atoms with Crippen molar-refractivity contribution in [2.75, 3.05) is 41.9 Å². The van der Waals surface area contributed by atoms with E-state index in [2.05, 4.69) is 30.1 Å². The number of hydrogen-bond acceptors (Lipinski definition) is 4. The van der Waals surface area contributed by atoms with Crippen LogP contribution in [0.2, 0.25) is 0 Å². The highest BCUT2D eigenvalue weighted by Crippen LogP contribution is 2.29. The maximum absolute atomic E-state index is 12.7. The number of hydrogen-bond donors (Lipinski definition) is 1. The number of nitrogens with one attached hydrogen (secondary N) is 1. The normalized spacial score (nSPS) is 10.4. The van der Waals surface area contributed by atoms with E-state index in [1.165, 1.54) is 11.8 Å². The van der Waals surface area contributed by atoms with Crippen LogP contribution < -0.4 is 19.9 Å². The Kier molecular flexibility index (Phi) is 7.65. The van der Waals surface area contributed by atoms with Crippen LogP contribution in [0.25, 0.3) is 0 Å². The van der Waals surface area contributed by atoms with E-state index in [-0.39, 0.29) is 18.4 Å². The van der Waals surface area contributed by atoms with Gasteiger partial charge in [-0.2, -0.15) is 0 Å². The molecule has 0 unspecified atom stereocenters. The lowest BCUT2D eigenvalue weighted by Crippen LogP contribution is -2.37. The molecule has 0 aromatic heterocycles. The predicted molar refractivity (Wildman–Crippen MR) is 119 cm³/mol. The minimum absolute atomic E-state index is 0.0909. The van der Waals surface area contributed by atoms with Crippen LogP contribution in [0.5, 0.6) is 5.75 Å². The molecule has 0 atom stereocenters. The standard InChI is InChI=1S/C23H31N3O3/c1-7-25(8-2)19-10-11-20(17(4)14-19)24-23(28)15-26(18(5)27)21-13-16(3)9-12-22(21)29-6/h9-14H,7-8,15H2,1-6H3,(H,24,28). The van der Waals surface area contributed by atoms with Crippen molar-refractivity contribution in [3.05, 3.63) is 47.5 Å². The van der Waals surface area contributed by atoms with Crippen LogP contribution in [-0.2, 0) is 9.59 Å². The molecule has 2 rings (SSSR count). The third kappa shape index (κ3) is 5.50. The molecule has 0 fully saturated rings. The van der Waals surface area contributed by atoms with Crippen LogP contribution in [0.15, 0.2) is 36.4 Å². The van der Waals surface area contributed by atoms with Crippen LogP contribution in [0, 0.1) is 13.8 Å². The zero-order chi connectivity index (χ0) is 21.6. The van der Waals surface area contributed by atoms with E-state index in [9.17, 15) is 9.59 Å². The summed E-state index contributed by atoms with van der Waals surface area (Å²) in [6, 6.07) is 11.5. The summed E-state index contributed by atoms with van der Waals surface area (Å²) in [5.41, 5.74) is 4.41. The van der Waals surface area contributed by atoms with Gasteiger partial charge in [-0.15, -0.1) is 0 Å². The zero-order valence-electron chi connectivity index (χ0n) is 18.2. The van der Waals surface area contributed by atoms with Gasteiger partial charge in [0, 0.05) is 31.4 Å². The maximum atomic E-state index is 12.7. The first-order valence-electron chi connectivity index (χ1n) is 9.88. The van der Waals surface area contributed by atoms with Crippen molar-refractivity contribution in [3.63, 3.8) is 0 Å². The Labute approximate surface area is 173 Å². The Morgan fingerprint density at radius 2 is 1.72 bits per heavy atom. The first kappa shape index (κ1) is 22.3. The number of amides is 2. The van der Waals surface area contributed by atoms with Crippen molar-refractivity contribution < 1.29 is 14.3 Å². The average Bonchev–Trinajstić information content (AvgIpc) is 2.69. The molecule has 0 heterocycles. The number of nitrogens with zero attached hydrogens (tertiary/aromatic N) is 2. The van der Waals surface area contributed by atoms with Crippen molar-refractivity contribution in [3.8, 4) is 5.75 Å². The van der Waals surface area contributed by atoms with Crippen molar-refractivity contribution in [2.45, 2.75) is 34.6 Å². The fraction of sp³-hybridized carbons (Fsp3) is 0.391. The molecule has 2 amide bonds. The van der Waals surface area contributed by atoms with Gasteiger partial charge in [0.05, 0.1) is 12.8 Å². The number of carbonyl (C=O) groups excluding carboxylic acids is 2. The molecule has 0 saturated heterocycles. The lowest BCUT2D eigenvalue weighted by atomic mass is 10.1. The average molecular weight is 398 g/mol.